The molecule has 2 aliphatic carbocycles. The fourth-order valence-corrected chi connectivity index (χ4v) is 4.30. The Balaban J connectivity index is 1.33. The van der Waals surface area contributed by atoms with Crippen LogP contribution in [0, 0.1) is 24.2 Å². The Morgan fingerprint density at radius 3 is 2.76 bits per heavy atom. The predicted octanol–water partition coefficient (Wildman–Crippen LogP) is 4.34. The van der Waals surface area contributed by atoms with Crippen molar-refractivity contribution >= 4 is 12.1 Å². The molecule has 33 heavy (non-hydrogen) atoms. The van der Waals surface area contributed by atoms with Gasteiger partial charge < -0.3 is 24.4 Å². The maximum Gasteiger partial charge on any atom is 0.407 e. The molecular weight excluding hydrogens is 426 g/mol. The first-order valence-electron chi connectivity index (χ1n) is 11.4. The average molecular weight is 458 g/mol. The molecule has 0 saturated heterocycles. The van der Waals surface area contributed by atoms with Gasteiger partial charge in [-0.1, -0.05) is 19.0 Å². The van der Waals surface area contributed by atoms with Gasteiger partial charge in [-0.05, 0) is 62.5 Å². The molecule has 9 heteroatoms. The lowest BCUT2D eigenvalue weighted by Gasteiger charge is -2.27. The molecule has 2 N–H and O–H groups in total. The number of aliphatic carboxylic acids is 1. The van der Waals surface area contributed by atoms with Gasteiger partial charge in [0.25, 0.3) is 0 Å². The second-order valence-corrected chi connectivity index (χ2v) is 9.74. The van der Waals surface area contributed by atoms with Gasteiger partial charge in [0.1, 0.15) is 11.4 Å². The number of hydrogen-bond acceptors (Lipinski definition) is 7. The highest BCUT2D eigenvalue weighted by Crippen LogP contribution is 2.51. The van der Waals surface area contributed by atoms with Crippen LogP contribution in [0.2, 0.25) is 0 Å². The highest BCUT2D eigenvalue weighted by atomic mass is 16.5. The first-order valence-corrected chi connectivity index (χ1v) is 11.4. The minimum absolute atomic E-state index is 0.132. The van der Waals surface area contributed by atoms with Gasteiger partial charge in [0.05, 0.1) is 37.1 Å². The van der Waals surface area contributed by atoms with Crippen molar-refractivity contribution in [1.29, 1.82) is 0 Å². The summed E-state index contributed by atoms with van der Waals surface area (Å²) >= 11 is 0. The third-order valence-corrected chi connectivity index (χ3v) is 6.77. The van der Waals surface area contributed by atoms with E-state index in [4.69, 9.17) is 14.0 Å². The number of ether oxygens (including phenoxy) is 2. The lowest BCUT2D eigenvalue weighted by atomic mass is 9.87. The number of amides is 1. The fraction of sp³-hybridized carbons (Fsp3) is 0.583. The SMILES string of the molecule is Cc1noc(-c2ccc(O[C@H]3CCC[C@H](C(=O)O)C3)cn2)c1CNC(=O)OCC1CC1(C)C. The first-order chi connectivity index (χ1) is 15.7. The van der Waals surface area contributed by atoms with Gasteiger partial charge in [-0.25, -0.2) is 9.78 Å². The first kappa shape index (κ1) is 23.1. The van der Waals surface area contributed by atoms with E-state index in [1.165, 1.54) is 0 Å². The van der Waals surface area contributed by atoms with Crippen LogP contribution in [0.1, 0.15) is 57.2 Å². The normalized spacial score (nSPS) is 23.5. The van der Waals surface area contributed by atoms with Crippen molar-refractivity contribution < 1.29 is 28.7 Å². The molecule has 3 atom stereocenters. The second-order valence-electron chi connectivity index (χ2n) is 9.74. The van der Waals surface area contributed by atoms with Gasteiger partial charge in [-0.3, -0.25) is 4.79 Å². The third kappa shape index (κ3) is 5.64. The fourth-order valence-electron chi connectivity index (χ4n) is 4.30. The van der Waals surface area contributed by atoms with Gasteiger partial charge in [0.15, 0.2) is 5.76 Å². The Morgan fingerprint density at radius 2 is 2.09 bits per heavy atom. The van der Waals surface area contributed by atoms with Crippen LogP contribution in [-0.4, -0.2) is 40.0 Å². The summed E-state index contributed by atoms with van der Waals surface area (Å²) in [5.41, 5.74) is 2.23. The Morgan fingerprint density at radius 1 is 1.30 bits per heavy atom. The van der Waals surface area contributed by atoms with E-state index in [0.717, 1.165) is 24.8 Å². The number of carbonyl (C=O) groups excluding carboxylic acids is 1. The summed E-state index contributed by atoms with van der Waals surface area (Å²) in [5.74, 6) is 0.359. The van der Waals surface area contributed by atoms with Crippen LogP contribution in [0.5, 0.6) is 5.75 Å². The molecule has 4 rings (SSSR count). The van der Waals surface area contributed by atoms with Crippen LogP contribution >= 0.6 is 0 Å². The van der Waals surface area contributed by atoms with Crippen LogP contribution in [0.15, 0.2) is 22.9 Å². The minimum atomic E-state index is -0.765. The van der Waals surface area contributed by atoms with Crippen molar-refractivity contribution in [2.75, 3.05) is 6.61 Å². The van der Waals surface area contributed by atoms with Gasteiger partial charge in [-0.15, -0.1) is 0 Å². The molecule has 2 saturated carbocycles. The highest BCUT2D eigenvalue weighted by molar-refractivity contribution is 5.70. The zero-order valence-corrected chi connectivity index (χ0v) is 19.3. The summed E-state index contributed by atoms with van der Waals surface area (Å²) in [5, 5.41) is 16.0. The number of rotatable bonds is 8. The van der Waals surface area contributed by atoms with Crippen molar-refractivity contribution in [2.24, 2.45) is 17.3 Å². The molecule has 178 valence electrons. The van der Waals surface area contributed by atoms with Crippen molar-refractivity contribution in [2.45, 2.75) is 65.5 Å². The van der Waals surface area contributed by atoms with Gasteiger partial charge >= 0.3 is 12.1 Å². The topological polar surface area (TPSA) is 124 Å². The lowest BCUT2D eigenvalue weighted by molar-refractivity contribution is -0.143. The molecule has 1 amide bonds. The monoisotopic (exact) mass is 457 g/mol. The van der Waals surface area contributed by atoms with Gasteiger partial charge in [-0.2, -0.15) is 0 Å². The molecule has 2 heterocycles. The number of carbonyl (C=O) groups is 2. The summed E-state index contributed by atoms with van der Waals surface area (Å²) in [7, 11) is 0. The van der Waals surface area contributed by atoms with Gasteiger partial charge in [0, 0.05) is 5.56 Å². The van der Waals surface area contributed by atoms with Crippen LogP contribution in [0.3, 0.4) is 0 Å². The smallest absolute Gasteiger partial charge is 0.407 e. The van der Waals surface area contributed by atoms with Crippen molar-refractivity contribution in [3.8, 4) is 17.2 Å². The number of aromatic nitrogens is 2. The average Bonchev–Trinajstić information content (AvgIpc) is 3.24. The molecule has 2 aromatic heterocycles. The highest BCUT2D eigenvalue weighted by Gasteiger charge is 2.46. The number of carboxylic acids is 1. The molecule has 0 bridgehead atoms. The van der Waals surface area contributed by atoms with Crippen molar-refractivity contribution in [3.63, 3.8) is 0 Å². The zero-order chi connectivity index (χ0) is 23.6. The van der Waals surface area contributed by atoms with E-state index in [1.807, 2.05) is 6.92 Å². The van der Waals surface area contributed by atoms with E-state index < -0.39 is 12.1 Å². The summed E-state index contributed by atoms with van der Waals surface area (Å²) in [6.45, 7) is 6.77. The Bertz CT molecular complexity index is 1000. The van der Waals surface area contributed by atoms with Crippen molar-refractivity contribution in [3.05, 3.63) is 29.6 Å². The number of carboxylic acid groups (broad SMARTS) is 1. The van der Waals surface area contributed by atoms with Crippen molar-refractivity contribution in [1.82, 2.24) is 15.5 Å². The molecule has 2 aromatic rings. The molecule has 0 spiro atoms. The summed E-state index contributed by atoms with van der Waals surface area (Å²) in [6, 6.07) is 3.55. The molecular formula is C24H31N3O6. The number of hydrogen-bond donors (Lipinski definition) is 2. The summed E-state index contributed by atoms with van der Waals surface area (Å²) in [6.07, 6.45) is 4.93. The zero-order valence-electron chi connectivity index (χ0n) is 19.3. The molecule has 9 nitrogen and oxygen atoms in total. The molecule has 2 aliphatic rings. The minimum Gasteiger partial charge on any atom is -0.489 e. The largest absolute Gasteiger partial charge is 0.489 e. The number of alkyl carbamates (subject to hydrolysis) is 1. The Hall–Kier alpha value is -3.10. The molecule has 0 aromatic carbocycles. The lowest BCUT2D eigenvalue weighted by Crippen LogP contribution is -2.29. The molecule has 0 radical (unpaired) electrons. The number of aryl methyl sites for hydroxylation is 1. The van der Waals surface area contributed by atoms with Crippen LogP contribution < -0.4 is 10.1 Å². The van der Waals surface area contributed by atoms with Crippen LogP contribution in [0.4, 0.5) is 4.79 Å². The van der Waals surface area contributed by atoms with E-state index >= 15 is 0 Å². The summed E-state index contributed by atoms with van der Waals surface area (Å²) in [4.78, 5) is 27.8. The maximum atomic E-state index is 12.1. The second kappa shape index (κ2) is 9.41. The van der Waals surface area contributed by atoms with Gasteiger partial charge in [0.2, 0.25) is 0 Å². The predicted molar refractivity (Wildman–Crippen MR) is 119 cm³/mol. The molecule has 0 aliphatic heterocycles. The number of nitrogens with one attached hydrogen (secondary N) is 1. The Labute approximate surface area is 192 Å². The van der Waals surface area contributed by atoms with E-state index in [2.05, 4.69) is 29.3 Å². The molecule has 2 fully saturated rings. The summed E-state index contributed by atoms with van der Waals surface area (Å²) < 4.78 is 16.8. The third-order valence-electron chi connectivity index (χ3n) is 6.77. The van der Waals surface area contributed by atoms with Crippen LogP contribution in [-0.2, 0) is 16.1 Å². The van der Waals surface area contributed by atoms with E-state index in [1.54, 1.807) is 18.3 Å². The number of nitrogens with zero attached hydrogens (tertiary/aromatic N) is 2. The quantitative estimate of drug-likeness (QED) is 0.600. The van der Waals surface area contributed by atoms with E-state index in [9.17, 15) is 14.7 Å². The standard InChI is InChI=1S/C24H31N3O6/c1-14-19(12-26-23(30)31-13-16-10-24(16,2)3)21(33-27-14)20-8-7-18(11-25-20)32-17-6-4-5-15(9-17)22(28)29/h7-8,11,15-17H,4-6,9-10,12-13H2,1-3H3,(H,26,30)(H,28,29)/t15-,16?,17-/m0/s1. The number of pyridine rings is 1. The Kier molecular flexibility index (Phi) is 6.58. The van der Waals surface area contributed by atoms with E-state index in [0.29, 0.717) is 48.3 Å². The maximum absolute atomic E-state index is 12.1. The molecule has 1 unspecified atom stereocenters. The van der Waals surface area contributed by atoms with E-state index in [-0.39, 0.29) is 24.0 Å². The van der Waals surface area contributed by atoms with Crippen LogP contribution in [0.25, 0.3) is 11.5 Å².